The molecule has 4 aromatic carbocycles. The van der Waals surface area contributed by atoms with Gasteiger partial charge in [-0.2, -0.15) is 0 Å². The molecule has 0 saturated heterocycles. The number of aromatic hydroxyl groups is 2. The Morgan fingerprint density at radius 3 is 1.21 bits per heavy atom. The number of benzene rings is 4. The second kappa shape index (κ2) is 12.0. The van der Waals surface area contributed by atoms with E-state index in [-0.39, 0.29) is 46.0 Å². The van der Waals surface area contributed by atoms with E-state index in [0.29, 0.717) is 63.2 Å². The van der Waals surface area contributed by atoms with Gasteiger partial charge in [0.15, 0.2) is 35.6 Å². The molecule has 0 atom stereocenters. The molecule has 0 fully saturated rings. The summed E-state index contributed by atoms with van der Waals surface area (Å²) in [7, 11) is 5.95. The van der Waals surface area contributed by atoms with E-state index < -0.39 is 0 Å². The highest BCUT2D eigenvalue weighted by atomic mass is 16.5. The molecule has 8 nitrogen and oxygen atoms in total. The van der Waals surface area contributed by atoms with E-state index >= 15 is 0 Å². The molecule has 0 aliphatic rings. The Bertz CT molecular complexity index is 1640. The van der Waals surface area contributed by atoms with Gasteiger partial charge in [-0.05, 0) is 47.6 Å². The maximum Gasteiger partial charge on any atom is 0.172 e. The molecule has 4 rings (SSSR count). The standard InChI is InChI=1S/C35H40O8/c1-16(2)26-22-11-18(5)20(32(40-7)28(22)24(14-36)34(42-9)30(26)38)13-21-19(6)12-23-27(17(3)4)31(39)35(43-10)25(15-37)29(23)33(21)41-8/h11-12,14-17,38-39H,13H2,1-10H3. The quantitative estimate of drug-likeness (QED) is 0.183. The van der Waals surface area contributed by atoms with Crippen LogP contribution < -0.4 is 18.9 Å². The second-order valence-electron chi connectivity index (χ2n) is 11.4. The number of carbonyl (C=O) groups is 2. The van der Waals surface area contributed by atoms with Crippen molar-refractivity contribution in [3.05, 3.63) is 56.6 Å². The van der Waals surface area contributed by atoms with Crippen LogP contribution in [0.5, 0.6) is 34.5 Å². The fourth-order valence-corrected chi connectivity index (χ4v) is 6.47. The van der Waals surface area contributed by atoms with E-state index in [0.717, 1.165) is 22.3 Å². The number of hydrogen-bond donors (Lipinski definition) is 2. The van der Waals surface area contributed by atoms with Crippen molar-refractivity contribution in [3.63, 3.8) is 0 Å². The highest BCUT2D eigenvalue weighted by molar-refractivity contribution is 6.10. The van der Waals surface area contributed by atoms with Gasteiger partial charge in [0.2, 0.25) is 0 Å². The van der Waals surface area contributed by atoms with Crippen molar-refractivity contribution in [3.8, 4) is 34.5 Å². The Balaban J connectivity index is 2.17. The molecule has 0 bridgehead atoms. The van der Waals surface area contributed by atoms with E-state index in [9.17, 15) is 19.8 Å². The number of aldehydes is 2. The lowest BCUT2D eigenvalue weighted by atomic mass is 9.84. The zero-order chi connectivity index (χ0) is 31.9. The molecule has 0 saturated carbocycles. The average molecular weight is 589 g/mol. The van der Waals surface area contributed by atoms with Crippen LogP contribution in [0, 0.1) is 13.8 Å². The van der Waals surface area contributed by atoms with Crippen molar-refractivity contribution in [1.29, 1.82) is 0 Å². The van der Waals surface area contributed by atoms with Crippen molar-refractivity contribution in [2.24, 2.45) is 0 Å². The SMILES string of the molecule is COc1c(O)c(C(C)C)c2cc(C)c(Cc3c(C)cc4c(C(C)C)c(O)c(OC)c(C=O)c4c3OC)c(OC)c2c1C=O. The monoisotopic (exact) mass is 588 g/mol. The molecule has 0 aliphatic carbocycles. The minimum Gasteiger partial charge on any atom is -0.504 e. The van der Waals surface area contributed by atoms with Crippen LogP contribution >= 0.6 is 0 Å². The molecule has 0 heterocycles. The largest absolute Gasteiger partial charge is 0.504 e. The van der Waals surface area contributed by atoms with Crippen molar-refractivity contribution >= 4 is 34.1 Å². The van der Waals surface area contributed by atoms with Crippen LogP contribution in [0.25, 0.3) is 21.5 Å². The molecule has 4 aromatic rings. The Morgan fingerprint density at radius 2 is 0.953 bits per heavy atom. The number of phenolic OH excluding ortho intramolecular Hbond substituents is 2. The van der Waals surface area contributed by atoms with Crippen LogP contribution in [0.4, 0.5) is 0 Å². The Hall–Kier alpha value is -4.46. The molecule has 228 valence electrons. The Morgan fingerprint density at radius 1 is 0.628 bits per heavy atom. The lowest BCUT2D eigenvalue weighted by molar-refractivity contribution is 0.111. The third kappa shape index (κ3) is 4.79. The number of ether oxygens (including phenoxy) is 4. The van der Waals surface area contributed by atoms with E-state index in [2.05, 4.69) is 0 Å². The van der Waals surface area contributed by atoms with E-state index in [1.54, 1.807) is 14.2 Å². The highest BCUT2D eigenvalue weighted by Crippen LogP contribution is 2.51. The molecular formula is C35H40O8. The molecule has 0 aliphatic heterocycles. The fraction of sp³-hybridized carbons (Fsp3) is 0.371. The summed E-state index contributed by atoms with van der Waals surface area (Å²) in [6.45, 7) is 11.8. The van der Waals surface area contributed by atoms with Crippen LogP contribution in [-0.2, 0) is 6.42 Å². The summed E-state index contributed by atoms with van der Waals surface area (Å²) in [5, 5.41) is 24.7. The number of carbonyl (C=O) groups excluding carboxylic acids is 2. The molecular weight excluding hydrogens is 548 g/mol. The number of methoxy groups -OCH3 is 4. The van der Waals surface area contributed by atoms with Crippen LogP contribution in [-0.4, -0.2) is 51.2 Å². The van der Waals surface area contributed by atoms with Gasteiger partial charge in [0.25, 0.3) is 0 Å². The second-order valence-corrected chi connectivity index (χ2v) is 11.4. The topological polar surface area (TPSA) is 112 Å². The normalized spacial score (nSPS) is 11.4. The molecule has 2 N–H and O–H groups in total. The number of phenols is 2. The minimum absolute atomic E-state index is 0.0621. The molecule has 0 radical (unpaired) electrons. The van der Waals surface area contributed by atoms with Gasteiger partial charge in [-0.25, -0.2) is 0 Å². The van der Waals surface area contributed by atoms with Gasteiger partial charge in [-0.1, -0.05) is 39.8 Å². The van der Waals surface area contributed by atoms with E-state index in [4.69, 9.17) is 18.9 Å². The van der Waals surface area contributed by atoms with Crippen LogP contribution in [0.1, 0.15) is 93.6 Å². The number of fused-ring (bicyclic) bond motifs is 2. The third-order valence-corrected chi connectivity index (χ3v) is 8.32. The van der Waals surface area contributed by atoms with Gasteiger partial charge in [0.05, 0.1) is 39.6 Å². The Labute approximate surface area is 252 Å². The molecule has 8 heteroatoms. The summed E-state index contributed by atoms with van der Waals surface area (Å²) in [6.07, 6.45) is 1.70. The van der Waals surface area contributed by atoms with Gasteiger partial charge < -0.3 is 29.2 Å². The number of aryl methyl sites for hydroxylation is 2. The first kappa shape index (κ1) is 31.5. The maximum atomic E-state index is 12.5. The minimum atomic E-state index is -0.0711. The molecule has 0 aromatic heterocycles. The van der Waals surface area contributed by atoms with Crippen LogP contribution in [0.3, 0.4) is 0 Å². The third-order valence-electron chi connectivity index (χ3n) is 8.32. The van der Waals surface area contributed by atoms with Crippen molar-refractivity contribution in [2.75, 3.05) is 28.4 Å². The van der Waals surface area contributed by atoms with Crippen molar-refractivity contribution < 1.29 is 38.7 Å². The Kier molecular flexibility index (Phi) is 8.81. The summed E-state index contributed by atoms with van der Waals surface area (Å²) in [4.78, 5) is 24.9. The summed E-state index contributed by atoms with van der Waals surface area (Å²) in [5.74, 6) is 0.906. The van der Waals surface area contributed by atoms with Crippen LogP contribution in [0.15, 0.2) is 12.1 Å². The predicted octanol–water partition coefficient (Wildman–Crippen LogP) is 7.52. The predicted molar refractivity (Wildman–Crippen MR) is 169 cm³/mol. The number of rotatable bonds is 10. The molecule has 0 unspecified atom stereocenters. The van der Waals surface area contributed by atoms with Gasteiger partial charge >= 0.3 is 0 Å². The van der Waals surface area contributed by atoms with E-state index in [1.807, 2.05) is 53.7 Å². The van der Waals surface area contributed by atoms with Gasteiger partial charge in [-0.15, -0.1) is 0 Å². The molecule has 43 heavy (non-hydrogen) atoms. The van der Waals surface area contributed by atoms with Crippen molar-refractivity contribution in [1.82, 2.24) is 0 Å². The van der Waals surface area contributed by atoms with Crippen LogP contribution in [0.2, 0.25) is 0 Å². The van der Waals surface area contributed by atoms with Gasteiger partial charge in [0.1, 0.15) is 11.5 Å². The summed E-state index contributed by atoms with van der Waals surface area (Å²) in [6, 6.07) is 3.93. The first-order chi connectivity index (χ1) is 20.4. The summed E-state index contributed by atoms with van der Waals surface area (Å²) < 4.78 is 23.1. The zero-order valence-corrected chi connectivity index (χ0v) is 26.5. The maximum absolute atomic E-state index is 12.5. The highest BCUT2D eigenvalue weighted by Gasteiger charge is 2.29. The smallest absolute Gasteiger partial charge is 0.172 e. The fourth-order valence-electron chi connectivity index (χ4n) is 6.47. The lowest BCUT2D eigenvalue weighted by Crippen LogP contribution is -2.07. The first-order valence-corrected chi connectivity index (χ1v) is 14.2. The summed E-state index contributed by atoms with van der Waals surface area (Å²) in [5.41, 5.74) is 5.11. The lowest BCUT2D eigenvalue weighted by Gasteiger charge is -2.25. The van der Waals surface area contributed by atoms with E-state index in [1.165, 1.54) is 14.2 Å². The van der Waals surface area contributed by atoms with Gasteiger partial charge in [0, 0.05) is 39.4 Å². The average Bonchev–Trinajstić information content (AvgIpc) is 2.96. The summed E-state index contributed by atoms with van der Waals surface area (Å²) >= 11 is 0. The first-order valence-electron chi connectivity index (χ1n) is 14.2. The zero-order valence-electron chi connectivity index (χ0n) is 26.5. The molecule has 0 amide bonds. The van der Waals surface area contributed by atoms with Gasteiger partial charge in [-0.3, -0.25) is 9.59 Å². The molecule has 0 spiro atoms. The van der Waals surface area contributed by atoms with Crippen molar-refractivity contribution in [2.45, 2.75) is 59.8 Å². The number of hydrogen-bond acceptors (Lipinski definition) is 8.